The quantitative estimate of drug-likeness (QED) is 0.647. The Bertz CT molecular complexity index is 855. The predicted octanol–water partition coefficient (Wildman–Crippen LogP) is 4.85. The van der Waals surface area contributed by atoms with E-state index in [4.69, 9.17) is 8.94 Å². The van der Waals surface area contributed by atoms with Crippen molar-refractivity contribution in [3.8, 4) is 11.5 Å². The van der Waals surface area contributed by atoms with E-state index in [2.05, 4.69) is 10.1 Å². The van der Waals surface area contributed by atoms with Gasteiger partial charge in [0.15, 0.2) is 0 Å². The van der Waals surface area contributed by atoms with Crippen LogP contribution in [0, 0.1) is 6.92 Å². The number of halogens is 3. The Morgan fingerprint density at radius 1 is 1.15 bits per heavy atom. The lowest BCUT2D eigenvalue weighted by Gasteiger charge is -2.21. The first-order valence-electron chi connectivity index (χ1n) is 8.00. The molecular formula is C18H18F3N3O2. The Labute approximate surface area is 148 Å². The summed E-state index contributed by atoms with van der Waals surface area (Å²) in [6.45, 7) is 4.28. The van der Waals surface area contributed by atoms with Crippen LogP contribution in [0.2, 0.25) is 0 Å². The predicted molar refractivity (Wildman–Crippen MR) is 88.1 cm³/mol. The third-order valence-corrected chi connectivity index (χ3v) is 4.30. The number of hydrogen-bond donors (Lipinski definition) is 0. The lowest BCUT2D eigenvalue weighted by molar-refractivity contribution is -0.137. The monoisotopic (exact) mass is 365 g/mol. The van der Waals surface area contributed by atoms with Gasteiger partial charge >= 0.3 is 6.18 Å². The van der Waals surface area contributed by atoms with Crippen molar-refractivity contribution in [3.63, 3.8) is 0 Å². The zero-order valence-corrected chi connectivity index (χ0v) is 14.5. The van der Waals surface area contributed by atoms with Gasteiger partial charge in [-0.1, -0.05) is 5.16 Å². The average Bonchev–Trinajstić information content (AvgIpc) is 3.24. The molecule has 0 amide bonds. The van der Waals surface area contributed by atoms with E-state index in [1.54, 1.807) is 13.0 Å². The van der Waals surface area contributed by atoms with E-state index in [-0.39, 0.29) is 6.04 Å². The second kappa shape index (κ2) is 6.95. The molecule has 26 heavy (non-hydrogen) atoms. The van der Waals surface area contributed by atoms with E-state index in [9.17, 15) is 13.2 Å². The highest BCUT2D eigenvalue weighted by Gasteiger charge is 2.30. The molecule has 0 fully saturated rings. The highest BCUT2D eigenvalue weighted by molar-refractivity contribution is 5.54. The molecule has 0 unspecified atom stereocenters. The van der Waals surface area contributed by atoms with Crippen LogP contribution in [0.3, 0.4) is 0 Å². The van der Waals surface area contributed by atoms with Crippen LogP contribution in [0.4, 0.5) is 13.2 Å². The van der Waals surface area contributed by atoms with Crippen molar-refractivity contribution in [2.45, 2.75) is 32.6 Å². The first kappa shape index (κ1) is 18.2. The maximum atomic E-state index is 12.7. The summed E-state index contributed by atoms with van der Waals surface area (Å²) in [6.07, 6.45) is -2.85. The van der Waals surface area contributed by atoms with Gasteiger partial charge in [0.2, 0.25) is 5.89 Å². The summed E-state index contributed by atoms with van der Waals surface area (Å²) in [5.41, 5.74) is 1.32. The lowest BCUT2D eigenvalue weighted by atomic mass is 10.1. The van der Waals surface area contributed by atoms with Crippen LogP contribution >= 0.6 is 0 Å². The highest BCUT2D eigenvalue weighted by atomic mass is 19.4. The molecule has 5 nitrogen and oxygen atoms in total. The van der Waals surface area contributed by atoms with E-state index >= 15 is 0 Å². The van der Waals surface area contributed by atoms with E-state index in [0.29, 0.717) is 23.8 Å². The molecule has 0 saturated heterocycles. The van der Waals surface area contributed by atoms with Crippen LogP contribution in [-0.4, -0.2) is 22.1 Å². The van der Waals surface area contributed by atoms with Gasteiger partial charge in [0.05, 0.1) is 17.3 Å². The molecule has 1 atom stereocenters. The van der Waals surface area contributed by atoms with Crippen molar-refractivity contribution in [1.82, 2.24) is 15.0 Å². The molecule has 3 rings (SSSR count). The topological polar surface area (TPSA) is 55.3 Å². The highest BCUT2D eigenvalue weighted by Crippen LogP contribution is 2.31. The molecule has 0 bridgehead atoms. The molecule has 8 heteroatoms. The zero-order valence-electron chi connectivity index (χ0n) is 14.5. The number of aromatic nitrogens is 2. The van der Waals surface area contributed by atoms with E-state index < -0.39 is 11.7 Å². The van der Waals surface area contributed by atoms with Gasteiger partial charge in [0, 0.05) is 18.2 Å². The largest absolute Gasteiger partial charge is 0.441 e. The summed E-state index contributed by atoms with van der Waals surface area (Å²) < 4.78 is 48.5. The number of alkyl halides is 3. The number of nitrogens with zero attached hydrogens (tertiary/aromatic N) is 3. The van der Waals surface area contributed by atoms with Crippen LogP contribution in [0.25, 0.3) is 11.5 Å². The van der Waals surface area contributed by atoms with Gasteiger partial charge in [0.25, 0.3) is 0 Å². The molecule has 0 N–H and O–H groups in total. The molecule has 0 spiro atoms. The maximum absolute atomic E-state index is 12.7. The van der Waals surface area contributed by atoms with Gasteiger partial charge in [-0.05, 0) is 45.2 Å². The average molecular weight is 365 g/mol. The Morgan fingerprint density at radius 3 is 2.42 bits per heavy atom. The molecule has 0 saturated carbocycles. The number of rotatable bonds is 5. The van der Waals surface area contributed by atoms with Gasteiger partial charge in [-0.2, -0.15) is 13.2 Å². The van der Waals surface area contributed by atoms with Crippen molar-refractivity contribution in [2.75, 3.05) is 7.05 Å². The summed E-state index contributed by atoms with van der Waals surface area (Å²) in [4.78, 5) is 6.47. The number of hydrogen-bond acceptors (Lipinski definition) is 5. The van der Waals surface area contributed by atoms with E-state index in [1.165, 1.54) is 18.4 Å². The van der Waals surface area contributed by atoms with Gasteiger partial charge in [-0.25, -0.2) is 4.98 Å². The van der Waals surface area contributed by atoms with E-state index in [0.717, 1.165) is 23.5 Å². The van der Waals surface area contributed by atoms with Gasteiger partial charge in [-0.15, -0.1) is 0 Å². The van der Waals surface area contributed by atoms with E-state index in [1.807, 2.05) is 18.9 Å². The molecule has 2 heterocycles. The standard InChI is InChI=1S/C18H18F3N3O2/c1-11(15-8-9-25-23-15)24(3)10-16-12(2)26-17(22-16)13-4-6-14(7-5-13)18(19,20)21/h4-9,11H,10H2,1-3H3/t11-/m1/s1. The lowest BCUT2D eigenvalue weighted by Crippen LogP contribution is -2.22. The summed E-state index contributed by atoms with van der Waals surface area (Å²) in [6, 6.07) is 6.57. The van der Waals surface area contributed by atoms with Crippen molar-refractivity contribution < 1.29 is 22.1 Å². The third-order valence-electron chi connectivity index (χ3n) is 4.30. The molecular weight excluding hydrogens is 347 g/mol. The number of benzene rings is 1. The Kier molecular flexibility index (Phi) is 4.86. The smallest absolute Gasteiger partial charge is 0.416 e. The van der Waals surface area contributed by atoms with Crippen LogP contribution in [0.1, 0.15) is 35.7 Å². The fourth-order valence-electron chi connectivity index (χ4n) is 2.54. The molecule has 2 aromatic heterocycles. The summed E-state index contributed by atoms with van der Waals surface area (Å²) in [5.74, 6) is 0.924. The molecule has 3 aromatic rings. The van der Waals surface area contributed by atoms with Crippen LogP contribution in [0.15, 0.2) is 45.5 Å². The maximum Gasteiger partial charge on any atom is 0.416 e. The minimum absolute atomic E-state index is 0.0133. The molecule has 0 aliphatic heterocycles. The minimum Gasteiger partial charge on any atom is -0.441 e. The molecule has 138 valence electrons. The van der Waals surface area contributed by atoms with Crippen LogP contribution in [0.5, 0.6) is 0 Å². The third kappa shape index (κ3) is 3.80. The Balaban J connectivity index is 1.77. The van der Waals surface area contributed by atoms with Gasteiger partial charge < -0.3 is 8.94 Å². The fourth-order valence-corrected chi connectivity index (χ4v) is 2.54. The first-order valence-corrected chi connectivity index (χ1v) is 8.00. The number of oxazole rings is 1. The zero-order chi connectivity index (χ0) is 18.9. The molecule has 0 radical (unpaired) electrons. The summed E-state index contributed by atoms with van der Waals surface area (Å²) in [7, 11) is 1.92. The second-order valence-corrected chi connectivity index (χ2v) is 6.11. The molecule has 1 aromatic carbocycles. The van der Waals surface area contributed by atoms with Crippen molar-refractivity contribution in [2.24, 2.45) is 0 Å². The van der Waals surface area contributed by atoms with Crippen molar-refractivity contribution in [3.05, 3.63) is 59.3 Å². The van der Waals surface area contributed by atoms with Crippen molar-refractivity contribution in [1.29, 1.82) is 0 Å². The Hall–Kier alpha value is -2.61. The second-order valence-electron chi connectivity index (χ2n) is 6.11. The normalized spacial score (nSPS) is 13.3. The van der Waals surface area contributed by atoms with Crippen LogP contribution in [-0.2, 0) is 12.7 Å². The minimum atomic E-state index is -4.36. The SMILES string of the molecule is Cc1oc(-c2ccc(C(F)(F)F)cc2)nc1CN(C)[C@H](C)c1ccon1. The van der Waals surface area contributed by atoms with Crippen LogP contribution < -0.4 is 0 Å². The fraction of sp³-hybridized carbons (Fsp3) is 0.333. The number of aryl methyl sites for hydroxylation is 1. The Morgan fingerprint density at radius 2 is 1.85 bits per heavy atom. The molecule has 0 aliphatic rings. The molecule has 0 aliphatic carbocycles. The first-order chi connectivity index (χ1) is 12.3. The summed E-state index contributed by atoms with van der Waals surface area (Å²) >= 11 is 0. The van der Waals surface area contributed by atoms with Gasteiger partial charge in [-0.3, -0.25) is 4.90 Å². The van der Waals surface area contributed by atoms with Crippen molar-refractivity contribution >= 4 is 0 Å². The van der Waals surface area contributed by atoms with Gasteiger partial charge in [0.1, 0.15) is 17.7 Å². The summed E-state index contributed by atoms with van der Waals surface area (Å²) in [5, 5.41) is 3.93.